The predicted molar refractivity (Wildman–Crippen MR) is 137 cm³/mol. The number of rotatable bonds is 10. The Kier molecular flexibility index (Phi) is 8.87. The van der Waals surface area contributed by atoms with Crippen LogP contribution in [0.4, 0.5) is 5.00 Å². The fourth-order valence-electron chi connectivity index (χ4n) is 3.25. The van der Waals surface area contributed by atoms with Crippen molar-refractivity contribution in [1.29, 1.82) is 0 Å². The van der Waals surface area contributed by atoms with Gasteiger partial charge in [-0.15, -0.1) is 11.3 Å². The molecule has 0 aliphatic rings. The summed E-state index contributed by atoms with van der Waals surface area (Å²) in [7, 11) is 1.58. The summed E-state index contributed by atoms with van der Waals surface area (Å²) in [5.41, 5.74) is 3.88. The molecule has 0 spiro atoms. The molecule has 0 unspecified atom stereocenters. The van der Waals surface area contributed by atoms with Crippen molar-refractivity contribution in [3.05, 3.63) is 70.6 Å². The van der Waals surface area contributed by atoms with Gasteiger partial charge in [0, 0.05) is 17.0 Å². The third-order valence-corrected chi connectivity index (χ3v) is 5.84. The molecule has 0 atom stereocenters. The number of anilines is 1. The molecule has 3 aromatic rings. The first-order valence-electron chi connectivity index (χ1n) is 11.1. The zero-order chi connectivity index (χ0) is 24.5. The summed E-state index contributed by atoms with van der Waals surface area (Å²) in [5, 5.41) is 5.13. The van der Waals surface area contributed by atoms with Crippen molar-refractivity contribution in [2.75, 3.05) is 25.6 Å². The number of benzene rings is 2. The zero-order valence-corrected chi connectivity index (χ0v) is 20.7. The average molecular weight is 480 g/mol. The van der Waals surface area contributed by atoms with Gasteiger partial charge in [-0.05, 0) is 49.6 Å². The minimum atomic E-state index is -0.467. The average Bonchev–Trinajstić information content (AvgIpc) is 3.25. The van der Waals surface area contributed by atoms with Gasteiger partial charge in [0.1, 0.15) is 10.6 Å². The second-order valence-electron chi connectivity index (χ2n) is 7.52. The second kappa shape index (κ2) is 12.0. The molecule has 1 aromatic heterocycles. The monoisotopic (exact) mass is 479 g/mol. The number of amides is 1. The normalized spacial score (nSPS) is 10.8. The van der Waals surface area contributed by atoms with Crippen molar-refractivity contribution >= 4 is 34.3 Å². The maximum Gasteiger partial charge on any atom is 0.341 e. The van der Waals surface area contributed by atoms with Crippen LogP contribution in [-0.2, 0) is 9.53 Å². The third kappa shape index (κ3) is 6.26. The Labute approximate surface area is 204 Å². The van der Waals surface area contributed by atoms with Gasteiger partial charge in [-0.3, -0.25) is 4.79 Å². The highest BCUT2D eigenvalue weighted by atomic mass is 32.1. The fourth-order valence-corrected chi connectivity index (χ4v) is 4.21. The van der Waals surface area contributed by atoms with Gasteiger partial charge in [0.2, 0.25) is 5.91 Å². The minimum absolute atomic E-state index is 0.245. The van der Waals surface area contributed by atoms with Crippen LogP contribution in [0.2, 0.25) is 0 Å². The third-order valence-electron chi connectivity index (χ3n) is 4.95. The standard InChI is InChI=1S/C27H29NO5S/c1-5-15-33-22-13-9-19(16-23(22)31-4)10-14-24(29)28-26-25(27(30)32-6-2)21(17-34-26)20-11-7-18(3)8-12-20/h7-14,16-17H,5-6,15H2,1-4H3,(H,28,29). The molecule has 0 saturated heterocycles. The summed E-state index contributed by atoms with van der Waals surface area (Å²) in [4.78, 5) is 25.4. The SMILES string of the molecule is CCCOc1ccc(C=CC(=O)Nc2scc(-c3ccc(C)cc3)c2C(=O)OCC)cc1OC. The lowest BCUT2D eigenvalue weighted by Gasteiger charge is -2.10. The maximum absolute atomic E-state index is 12.7. The highest BCUT2D eigenvalue weighted by Gasteiger charge is 2.22. The maximum atomic E-state index is 12.7. The van der Waals surface area contributed by atoms with Gasteiger partial charge in [-0.2, -0.15) is 0 Å². The lowest BCUT2D eigenvalue weighted by molar-refractivity contribution is -0.111. The summed E-state index contributed by atoms with van der Waals surface area (Å²) in [6.07, 6.45) is 3.99. The van der Waals surface area contributed by atoms with Gasteiger partial charge < -0.3 is 19.5 Å². The summed E-state index contributed by atoms with van der Waals surface area (Å²) < 4.78 is 16.3. The molecule has 7 heteroatoms. The van der Waals surface area contributed by atoms with Gasteiger partial charge in [0.15, 0.2) is 11.5 Å². The summed E-state index contributed by atoms with van der Waals surface area (Å²) in [6, 6.07) is 13.3. The van der Waals surface area contributed by atoms with Crippen LogP contribution in [0, 0.1) is 6.92 Å². The molecule has 1 heterocycles. The molecule has 178 valence electrons. The molecule has 34 heavy (non-hydrogen) atoms. The number of aryl methyl sites for hydroxylation is 1. The first kappa shape index (κ1) is 25.1. The van der Waals surface area contributed by atoms with Gasteiger partial charge >= 0.3 is 5.97 Å². The Morgan fingerprint density at radius 2 is 1.82 bits per heavy atom. The van der Waals surface area contributed by atoms with E-state index < -0.39 is 5.97 Å². The molecule has 0 aliphatic carbocycles. The van der Waals surface area contributed by atoms with Crippen LogP contribution in [0.15, 0.2) is 53.9 Å². The molecule has 6 nitrogen and oxygen atoms in total. The van der Waals surface area contributed by atoms with Gasteiger partial charge in [0.05, 0.1) is 20.3 Å². The van der Waals surface area contributed by atoms with E-state index >= 15 is 0 Å². The zero-order valence-electron chi connectivity index (χ0n) is 19.8. The Hall–Kier alpha value is -3.58. The molecule has 0 saturated carbocycles. The van der Waals surface area contributed by atoms with Gasteiger partial charge in [0.25, 0.3) is 0 Å². The predicted octanol–water partition coefficient (Wildman–Crippen LogP) is 6.35. The fraction of sp³-hybridized carbons (Fsp3) is 0.259. The Bertz CT molecular complexity index is 1160. The molecular weight excluding hydrogens is 450 g/mol. The van der Waals surface area contributed by atoms with Crippen molar-refractivity contribution < 1.29 is 23.8 Å². The van der Waals surface area contributed by atoms with Crippen molar-refractivity contribution in [2.45, 2.75) is 27.2 Å². The van der Waals surface area contributed by atoms with E-state index in [-0.39, 0.29) is 12.5 Å². The topological polar surface area (TPSA) is 73.9 Å². The van der Waals surface area contributed by atoms with E-state index in [4.69, 9.17) is 14.2 Å². The molecule has 0 fully saturated rings. The van der Waals surface area contributed by atoms with E-state index in [0.29, 0.717) is 28.7 Å². The van der Waals surface area contributed by atoms with Crippen LogP contribution < -0.4 is 14.8 Å². The lowest BCUT2D eigenvalue weighted by atomic mass is 10.0. The number of ether oxygens (including phenoxy) is 3. The van der Waals surface area contributed by atoms with Crippen molar-refractivity contribution in [1.82, 2.24) is 0 Å². The Morgan fingerprint density at radius 3 is 2.50 bits per heavy atom. The number of thiophene rings is 1. The van der Waals surface area contributed by atoms with E-state index in [9.17, 15) is 9.59 Å². The lowest BCUT2D eigenvalue weighted by Crippen LogP contribution is -2.12. The first-order valence-corrected chi connectivity index (χ1v) is 12.0. The summed E-state index contributed by atoms with van der Waals surface area (Å²) >= 11 is 1.29. The van der Waals surface area contributed by atoms with E-state index in [0.717, 1.165) is 28.7 Å². The molecule has 3 rings (SSSR count). The molecule has 1 amide bonds. The van der Waals surface area contributed by atoms with Crippen LogP contribution in [0.25, 0.3) is 17.2 Å². The Morgan fingerprint density at radius 1 is 1.06 bits per heavy atom. The molecule has 0 aliphatic heterocycles. The van der Waals surface area contributed by atoms with Gasteiger partial charge in [-0.25, -0.2) is 4.79 Å². The number of carbonyl (C=O) groups is 2. The van der Waals surface area contributed by atoms with Crippen LogP contribution in [0.3, 0.4) is 0 Å². The molecule has 0 radical (unpaired) electrons. The smallest absolute Gasteiger partial charge is 0.341 e. The van der Waals surface area contributed by atoms with Crippen LogP contribution in [0.1, 0.15) is 41.8 Å². The van der Waals surface area contributed by atoms with E-state index in [1.807, 2.05) is 55.6 Å². The largest absolute Gasteiger partial charge is 0.493 e. The first-order chi connectivity index (χ1) is 16.5. The highest BCUT2D eigenvalue weighted by molar-refractivity contribution is 7.15. The quantitative estimate of drug-likeness (QED) is 0.271. The summed E-state index contributed by atoms with van der Waals surface area (Å²) in [5.74, 6) is 0.438. The van der Waals surface area contributed by atoms with Crippen molar-refractivity contribution in [3.8, 4) is 22.6 Å². The molecule has 2 aromatic carbocycles. The van der Waals surface area contributed by atoms with E-state index in [1.54, 1.807) is 26.2 Å². The number of hydrogen-bond donors (Lipinski definition) is 1. The van der Waals surface area contributed by atoms with Crippen molar-refractivity contribution in [2.24, 2.45) is 0 Å². The summed E-state index contributed by atoms with van der Waals surface area (Å²) in [6.45, 7) is 6.64. The number of esters is 1. The van der Waals surface area contributed by atoms with Crippen LogP contribution in [0.5, 0.6) is 11.5 Å². The number of methoxy groups -OCH3 is 1. The Balaban J connectivity index is 1.81. The molecular formula is C27H29NO5S. The van der Waals surface area contributed by atoms with Gasteiger partial charge in [-0.1, -0.05) is 42.8 Å². The van der Waals surface area contributed by atoms with Crippen LogP contribution in [-0.4, -0.2) is 32.2 Å². The van der Waals surface area contributed by atoms with E-state index in [1.165, 1.54) is 17.4 Å². The highest BCUT2D eigenvalue weighted by Crippen LogP contribution is 2.36. The second-order valence-corrected chi connectivity index (χ2v) is 8.40. The minimum Gasteiger partial charge on any atom is -0.493 e. The van der Waals surface area contributed by atoms with E-state index in [2.05, 4.69) is 5.32 Å². The molecule has 1 N–H and O–H groups in total. The van der Waals surface area contributed by atoms with Crippen LogP contribution >= 0.6 is 11.3 Å². The number of carbonyl (C=O) groups excluding carboxylic acids is 2. The molecule has 0 bridgehead atoms. The van der Waals surface area contributed by atoms with Crippen molar-refractivity contribution in [3.63, 3.8) is 0 Å². The number of hydrogen-bond acceptors (Lipinski definition) is 6. The number of nitrogens with one attached hydrogen (secondary N) is 1.